The number of nitro groups is 1. The van der Waals surface area contributed by atoms with E-state index in [9.17, 15) is 18.5 Å². The molecular weight excluding hydrogens is 296 g/mol. The topological polar surface area (TPSA) is 105 Å². The van der Waals surface area contributed by atoms with Gasteiger partial charge in [-0.1, -0.05) is 0 Å². The Balaban J connectivity index is 2.36. The smallest absolute Gasteiger partial charge is 0.276 e. The molecule has 9 heteroatoms. The molecule has 0 aromatic carbocycles. The number of nitrogens with one attached hydrogen (secondary N) is 1. The van der Waals surface area contributed by atoms with Gasteiger partial charge in [0.05, 0.1) is 28.6 Å². The van der Waals surface area contributed by atoms with Gasteiger partial charge < -0.3 is 10.2 Å². The zero-order valence-corrected chi connectivity index (χ0v) is 12.8. The second-order valence-electron chi connectivity index (χ2n) is 5.01. The first-order valence-electron chi connectivity index (χ1n) is 6.70. The molecule has 1 N–H and O–H groups in total. The normalized spacial score (nSPS) is 21.0. The minimum atomic E-state index is -3.04. The third-order valence-electron chi connectivity index (χ3n) is 3.33. The van der Waals surface area contributed by atoms with Gasteiger partial charge in [0.1, 0.15) is 11.6 Å². The molecule has 0 radical (unpaired) electrons. The van der Waals surface area contributed by atoms with Crippen molar-refractivity contribution >= 4 is 27.2 Å². The van der Waals surface area contributed by atoms with Crippen LogP contribution in [0.4, 0.5) is 17.3 Å². The molecule has 0 amide bonds. The summed E-state index contributed by atoms with van der Waals surface area (Å²) in [6, 6.07) is 2.50. The summed E-state index contributed by atoms with van der Waals surface area (Å²) in [5.74, 6) is 0.927. The van der Waals surface area contributed by atoms with Crippen LogP contribution in [0.25, 0.3) is 0 Å². The molecule has 1 fully saturated rings. The van der Waals surface area contributed by atoms with E-state index in [0.29, 0.717) is 24.7 Å². The fourth-order valence-electron chi connectivity index (χ4n) is 2.37. The van der Waals surface area contributed by atoms with Gasteiger partial charge in [-0.3, -0.25) is 10.1 Å². The average Bonchev–Trinajstić information content (AvgIpc) is 2.37. The molecule has 8 nitrogen and oxygen atoms in total. The van der Waals surface area contributed by atoms with E-state index in [0.717, 1.165) is 0 Å². The number of aromatic nitrogens is 1. The Morgan fingerprint density at radius 2 is 2.24 bits per heavy atom. The maximum absolute atomic E-state index is 11.6. The summed E-state index contributed by atoms with van der Waals surface area (Å²) in [6.45, 7) is 4.54. The van der Waals surface area contributed by atoms with Crippen molar-refractivity contribution in [3.63, 3.8) is 0 Å². The van der Waals surface area contributed by atoms with Crippen LogP contribution in [0.2, 0.25) is 0 Å². The summed E-state index contributed by atoms with van der Waals surface area (Å²) >= 11 is 0. The predicted molar refractivity (Wildman–Crippen MR) is 80.5 cm³/mol. The maximum atomic E-state index is 11.6. The molecule has 1 unspecified atom stereocenters. The molecule has 1 saturated heterocycles. The lowest BCUT2D eigenvalue weighted by Gasteiger charge is -2.34. The minimum absolute atomic E-state index is 0.0356. The summed E-state index contributed by atoms with van der Waals surface area (Å²) in [4.78, 5) is 16.7. The standard InChI is InChI=1S/C12H18N4O4S/c1-3-13-11-6-10(16(17)18)7-12(14-11)15-4-5-21(19,20)8-9(15)2/h6-7,9H,3-5,8H2,1-2H3,(H,13,14). The SMILES string of the molecule is CCNc1cc([N+](=O)[O-])cc(N2CCS(=O)(=O)CC2C)n1. The Morgan fingerprint density at radius 1 is 1.52 bits per heavy atom. The van der Waals surface area contributed by atoms with Crippen molar-refractivity contribution in [1.29, 1.82) is 0 Å². The van der Waals surface area contributed by atoms with E-state index in [4.69, 9.17) is 0 Å². The quantitative estimate of drug-likeness (QED) is 0.654. The number of nitrogens with zero attached hydrogens (tertiary/aromatic N) is 3. The third-order valence-corrected chi connectivity index (χ3v) is 5.12. The maximum Gasteiger partial charge on any atom is 0.276 e. The number of sulfone groups is 1. The zero-order valence-electron chi connectivity index (χ0n) is 11.9. The van der Waals surface area contributed by atoms with Crippen molar-refractivity contribution in [1.82, 2.24) is 4.98 Å². The van der Waals surface area contributed by atoms with Gasteiger partial charge in [0.25, 0.3) is 5.69 Å². The Hall–Kier alpha value is -1.90. The number of anilines is 2. The second kappa shape index (κ2) is 5.84. The van der Waals surface area contributed by atoms with Crippen LogP contribution in [0.5, 0.6) is 0 Å². The van der Waals surface area contributed by atoms with Crippen LogP contribution in [0, 0.1) is 10.1 Å². The molecule has 116 valence electrons. The highest BCUT2D eigenvalue weighted by Crippen LogP contribution is 2.26. The largest absolute Gasteiger partial charge is 0.370 e. The van der Waals surface area contributed by atoms with E-state index in [-0.39, 0.29) is 23.2 Å². The lowest BCUT2D eigenvalue weighted by atomic mass is 10.2. The Kier molecular flexibility index (Phi) is 4.31. The highest BCUT2D eigenvalue weighted by Gasteiger charge is 2.30. The summed E-state index contributed by atoms with van der Waals surface area (Å²) in [5.41, 5.74) is -0.0587. The monoisotopic (exact) mass is 314 g/mol. The van der Waals surface area contributed by atoms with E-state index in [1.165, 1.54) is 12.1 Å². The summed E-state index contributed by atoms with van der Waals surface area (Å²) in [6.07, 6.45) is 0. The number of rotatable bonds is 4. The van der Waals surface area contributed by atoms with Crippen LogP contribution in [-0.4, -0.2) is 49.0 Å². The van der Waals surface area contributed by atoms with Crippen LogP contribution in [0.1, 0.15) is 13.8 Å². The highest BCUT2D eigenvalue weighted by atomic mass is 32.2. The van der Waals surface area contributed by atoms with E-state index in [1.54, 1.807) is 11.8 Å². The minimum Gasteiger partial charge on any atom is -0.370 e. The van der Waals surface area contributed by atoms with Crippen molar-refractivity contribution in [3.8, 4) is 0 Å². The van der Waals surface area contributed by atoms with Crippen molar-refractivity contribution in [2.24, 2.45) is 0 Å². The van der Waals surface area contributed by atoms with Crippen molar-refractivity contribution in [2.75, 3.05) is 34.8 Å². The second-order valence-corrected chi connectivity index (χ2v) is 7.24. The molecule has 1 aromatic rings. The van der Waals surface area contributed by atoms with Crippen LogP contribution < -0.4 is 10.2 Å². The lowest BCUT2D eigenvalue weighted by Crippen LogP contribution is -2.47. The van der Waals surface area contributed by atoms with E-state index >= 15 is 0 Å². The van der Waals surface area contributed by atoms with Crippen LogP contribution in [-0.2, 0) is 9.84 Å². The number of pyridine rings is 1. The van der Waals surface area contributed by atoms with Crippen LogP contribution in [0.15, 0.2) is 12.1 Å². The molecule has 1 aliphatic rings. The van der Waals surface area contributed by atoms with Gasteiger partial charge in [-0.25, -0.2) is 13.4 Å². The molecule has 0 bridgehead atoms. The van der Waals surface area contributed by atoms with Crippen molar-refractivity contribution in [3.05, 3.63) is 22.2 Å². The van der Waals surface area contributed by atoms with E-state index < -0.39 is 14.8 Å². The molecule has 0 aliphatic carbocycles. The van der Waals surface area contributed by atoms with Gasteiger partial charge in [0, 0.05) is 19.1 Å². The third kappa shape index (κ3) is 3.60. The van der Waals surface area contributed by atoms with Crippen LogP contribution >= 0.6 is 0 Å². The molecular formula is C12H18N4O4S. The first-order chi connectivity index (χ1) is 9.82. The van der Waals surface area contributed by atoms with Gasteiger partial charge in [-0.15, -0.1) is 0 Å². The molecule has 1 atom stereocenters. The molecule has 21 heavy (non-hydrogen) atoms. The summed E-state index contributed by atoms with van der Waals surface area (Å²) < 4.78 is 23.2. The number of hydrogen-bond donors (Lipinski definition) is 1. The highest BCUT2D eigenvalue weighted by molar-refractivity contribution is 7.91. The van der Waals surface area contributed by atoms with Crippen LogP contribution in [0.3, 0.4) is 0 Å². The fraction of sp³-hybridized carbons (Fsp3) is 0.583. The molecule has 0 spiro atoms. The van der Waals surface area contributed by atoms with Gasteiger partial charge in [-0.2, -0.15) is 0 Å². The molecule has 1 aliphatic heterocycles. The summed E-state index contributed by atoms with van der Waals surface area (Å²) in [5, 5.41) is 14.0. The van der Waals surface area contributed by atoms with Gasteiger partial charge in [0.2, 0.25) is 0 Å². The Bertz CT molecular complexity index is 647. The lowest BCUT2D eigenvalue weighted by molar-refractivity contribution is -0.384. The molecule has 0 saturated carbocycles. The first kappa shape index (κ1) is 15.5. The van der Waals surface area contributed by atoms with Gasteiger partial charge in [-0.05, 0) is 13.8 Å². The first-order valence-corrected chi connectivity index (χ1v) is 8.52. The van der Waals surface area contributed by atoms with Crippen molar-refractivity contribution in [2.45, 2.75) is 19.9 Å². The predicted octanol–water partition coefficient (Wildman–Crippen LogP) is 1.04. The van der Waals surface area contributed by atoms with E-state index in [2.05, 4.69) is 10.3 Å². The average molecular weight is 314 g/mol. The molecule has 1 aromatic heterocycles. The van der Waals surface area contributed by atoms with Gasteiger partial charge >= 0.3 is 0 Å². The molecule has 2 rings (SSSR count). The Labute approximate surface area is 123 Å². The van der Waals surface area contributed by atoms with Gasteiger partial charge in [0.15, 0.2) is 9.84 Å². The summed E-state index contributed by atoms with van der Waals surface area (Å²) in [7, 11) is -3.04. The van der Waals surface area contributed by atoms with E-state index in [1.807, 2.05) is 6.92 Å². The number of hydrogen-bond acceptors (Lipinski definition) is 7. The van der Waals surface area contributed by atoms with Crippen molar-refractivity contribution < 1.29 is 13.3 Å². The molecule has 2 heterocycles. The fourth-order valence-corrected chi connectivity index (χ4v) is 3.92. The Morgan fingerprint density at radius 3 is 2.81 bits per heavy atom. The zero-order chi connectivity index (χ0) is 15.6.